The normalized spacial score (nSPS) is 21.1. The fraction of sp³-hybridized carbons (Fsp3) is 0.900. The van der Waals surface area contributed by atoms with E-state index >= 15 is 0 Å². The third-order valence-electron chi connectivity index (χ3n) is 2.91. The Labute approximate surface area is 80.3 Å². The average molecular weight is 184 g/mol. The second-order valence-corrected chi connectivity index (χ2v) is 4.15. The predicted octanol–water partition coefficient (Wildman–Crippen LogP) is 1.04. The number of hydrogen-bond acceptors (Lipinski definition) is 2. The molecule has 1 rings (SSSR count). The lowest BCUT2D eigenvalue weighted by Crippen LogP contribution is -2.47. The van der Waals surface area contributed by atoms with Crippen LogP contribution >= 0.6 is 0 Å². The SMILES string of the molecule is CNC(=O)CNC1(C)CCCCC1. The molecule has 0 aromatic rings. The van der Waals surface area contributed by atoms with E-state index in [-0.39, 0.29) is 11.4 Å². The first-order chi connectivity index (χ1) is 6.16. The molecule has 3 heteroatoms. The monoisotopic (exact) mass is 184 g/mol. The molecule has 2 N–H and O–H groups in total. The summed E-state index contributed by atoms with van der Waals surface area (Å²) in [7, 11) is 1.67. The zero-order valence-corrected chi connectivity index (χ0v) is 8.65. The van der Waals surface area contributed by atoms with E-state index in [0.29, 0.717) is 6.54 Å². The Morgan fingerprint density at radius 1 is 1.31 bits per heavy atom. The number of nitrogens with one attached hydrogen (secondary N) is 2. The molecular weight excluding hydrogens is 164 g/mol. The molecule has 0 radical (unpaired) electrons. The Hall–Kier alpha value is -0.570. The van der Waals surface area contributed by atoms with E-state index in [9.17, 15) is 4.79 Å². The van der Waals surface area contributed by atoms with Gasteiger partial charge in [-0.3, -0.25) is 4.79 Å². The van der Waals surface area contributed by atoms with E-state index < -0.39 is 0 Å². The van der Waals surface area contributed by atoms with Gasteiger partial charge in [0, 0.05) is 12.6 Å². The third kappa shape index (κ3) is 3.35. The van der Waals surface area contributed by atoms with E-state index in [1.54, 1.807) is 7.05 Å². The summed E-state index contributed by atoms with van der Waals surface area (Å²) in [6, 6.07) is 0. The van der Waals surface area contributed by atoms with Crippen LogP contribution in [0.2, 0.25) is 0 Å². The van der Waals surface area contributed by atoms with Crippen molar-refractivity contribution in [3.8, 4) is 0 Å². The van der Waals surface area contributed by atoms with Crippen molar-refractivity contribution in [2.24, 2.45) is 0 Å². The van der Waals surface area contributed by atoms with E-state index in [1.807, 2.05) is 0 Å². The maximum Gasteiger partial charge on any atom is 0.233 e. The van der Waals surface area contributed by atoms with Crippen LogP contribution in [0.3, 0.4) is 0 Å². The molecule has 0 spiro atoms. The van der Waals surface area contributed by atoms with Gasteiger partial charge in [-0.05, 0) is 19.8 Å². The Morgan fingerprint density at radius 3 is 2.46 bits per heavy atom. The second kappa shape index (κ2) is 4.61. The topological polar surface area (TPSA) is 41.1 Å². The molecule has 0 atom stereocenters. The molecule has 0 bridgehead atoms. The van der Waals surface area contributed by atoms with Gasteiger partial charge in [0.05, 0.1) is 6.54 Å². The van der Waals surface area contributed by atoms with Gasteiger partial charge < -0.3 is 10.6 Å². The summed E-state index contributed by atoms with van der Waals surface area (Å²) in [5.74, 6) is 0.0757. The zero-order valence-electron chi connectivity index (χ0n) is 8.65. The molecular formula is C10H20N2O. The molecule has 1 aliphatic carbocycles. The first kappa shape index (κ1) is 10.5. The lowest BCUT2D eigenvalue weighted by Gasteiger charge is -2.34. The fourth-order valence-corrected chi connectivity index (χ4v) is 1.89. The molecule has 76 valence electrons. The molecule has 1 fully saturated rings. The molecule has 3 nitrogen and oxygen atoms in total. The van der Waals surface area contributed by atoms with Gasteiger partial charge >= 0.3 is 0 Å². The van der Waals surface area contributed by atoms with Gasteiger partial charge in [-0.15, -0.1) is 0 Å². The van der Waals surface area contributed by atoms with E-state index in [4.69, 9.17) is 0 Å². The highest BCUT2D eigenvalue weighted by Crippen LogP contribution is 2.27. The van der Waals surface area contributed by atoms with Crippen LogP contribution < -0.4 is 10.6 Å². The highest BCUT2D eigenvalue weighted by atomic mass is 16.1. The lowest BCUT2D eigenvalue weighted by atomic mass is 9.83. The fourth-order valence-electron chi connectivity index (χ4n) is 1.89. The smallest absolute Gasteiger partial charge is 0.233 e. The van der Waals surface area contributed by atoms with Crippen LogP contribution in [-0.4, -0.2) is 25.0 Å². The molecule has 1 aliphatic rings. The molecule has 0 heterocycles. The Kier molecular flexibility index (Phi) is 3.72. The van der Waals surface area contributed by atoms with Gasteiger partial charge in [0.15, 0.2) is 0 Å². The number of rotatable bonds is 3. The summed E-state index contributed by atoms with van der Waals surface area (Å²) in [5.41, 5.74) is 0.199. The van der Waals surface area contributed by atoms with Gasteiger partial charge in [-0.2, -0.15) is 0 Å². The summed E-state index contributed by atoms with van der Waals surface area (Å²) < 4.78 is 0. The summed E-state index contributed by atoms with van der Waals surface area (Å²) in [5, 5.41) is 5.96. The second-order valence-electron chi connectivity index (χ2n) is 4.15. The summed E-state index contributed by atoms with van der Waals surface area (Å²) in [6.45, 7) is 2.67. The lowest BCUT2D eigenvalue weighted by molar-refractivity contribution is -0.120. The third-order valence-corrected chi connectivity index (χ3v) is 2.91. The van der Waals surface area contributed by atoms with Crippen molar-refractivity contribution in [2.45, 2.75) is 44.6 Å². The predicted molar refractivity (Wildman–Crippen MR) is 53.6 cm³/mol. The van der Waals surface area contributed by atoms with Crippen molar-refractivity contribution < 1.29 is 4.79 Å². The molecule has 0 aromatic carbocycles. The highest BCUT2D eigenvalue weighted by Gasteiger charge is 2.26. The number of amides is 1. The standard InChI is InChI=1S/C10H20N2O/c1-10(6-4-3-5-7-10)12-8-9(13)11-2/h12H,3-8H2,1-2H3,(H,11,13). The van der Waals surface area contributed by atoms with Crippen LogP contribution in [-0.2, 0) is 4.79 Å². The first-order valence-electron chi connectivity index (χ1n) is 5.12. The minimum atomic E-state index is 0.0757. The van der Waals surface area contributed by atoms with Crippen LogP contribution in [0.1, 0.15) is 39.0 Å². The maximum atomic E-state index is 11.0. The zero-order chi connectivity index (χ0) is 9.73. The molecule has 0 unspecified atom stereocenters. The Bertz CT molecular complexity index is 174. The number of hydrogen-bond donors (Lipinski definition) is 2. The first-order valence-corrected chi connectivity index (χ1v) is 5.12. The van der Waals surface area contributed by atoms with Crippen molar-refractivity contribution in [3.63, 3.8) is 0 Å². The van der Waals surface area contributed by atoms with Crippen LogP contribution in [0, 0.1) is 0 Å². The number of carbonyl (C=O) groups is 1. The molecule has 13 heavy (non-hydrogen) atoms. The van der Waals surface area contributed by atoms with Crippen molar-refractivity contribution in [1.82, 2.24) is 10.6 Å². The minimum Gasteiger partial charge on any atom is -0.358 e. The average Bonchev–Trinajstić information content (AvgIpc) is 2.15. The van der Waals surface area contributed by atoms with Gasteiger partial charge in [-0.1, -0.05) is 19.3 Å². The largest absolute Gasteiger partial charge is 0.358 e. The van der Waals surface area contributed by atoms with Gasteiger partial charge in [0.2, 0.25) is 5.91 Å². The molecule has 1 saturated carbocycles. The van der Waals surface area contributed by atoms with Crippen molar-refractivity contribution in [1.29, 1.82) is 0 Å². The summed E-state index contributed by atoms with van der Waals surface area (Å²) >= 11 is 0. The number of carbonyl (C=O) groups excluding carboxylic acids is 1. The van der Waals surface area contributed by atoms with E-state index in [0.717, 1.165) is 0 Å². The van der Waals surface area contributed by atoms with Crippen LogP contribution in [0.4, 0.5) is 0 Å². The van der Waals surface area contributed by atoms with Crippen molar-refractivity contribution in [3.05, 3.63) is 0 Å². The molecule has 0 aliphatic heterocycles. The van der Waals surface area contributed by atoms with Crippen LogP contribution in [0.25, 0.3) is 0 Å². The van der Waals surface area contributed by atoms with Crippen molar-refractivity contribution in [2.75, 3.05) is 13.6 Å². The van der Waals surface area contributed by atoms with Gasteiger partial charge in [0.1, 0.15) is 0 Å². The summed E-state index contributed by atoms with van der Waals surface area (Å²) in [6.07, 6.45) is 6.32. The molecule has 0 saturated heterocycles. The summed E-state index contributed by atoms with van der Waals surface area (Å²) in [4.78, 5) is 11.0. The van der Waals surface area contributed by atoms with E-state index in [2.05, 4.69) is 17.6 Å². The molecule has 0 aromatic heterocycles. The van der Waals surface area contributed by atoms with Crippen molar-refractivity contribution >= 4 is 5.91 Å². The van der Waals surface area contributed by atoms with Crippen LogP contribution in [0.5, 0.6) is 0 Å². The number of likely N-dealkylation sites (N-methyl/N-ethyl adjacent to an activating group) is 1. The minimum absolute atomic E-state index is 0.0757. The van der Waals surface area contributed by atoms with Crippen LogP contribution in [0.15, 0.2) is 0 Å². The Balaban J connectivity index is 2.28. The van der Waals surface area contributed by atoms with Gasteiger partial charge in [-0.25, -0.2) is 0 Å². The highest BCUT2D eigenvalue weighted by molar-refractivity contribution is 5.77. The quantitative estimate of drug-likeness (QED) is 0.688. The maximum absolute atomic E-state index is 11.0. The van der Waals surface area contributed by atoms with E-state index in [1.165, 1.54) is 32.1 Å². The molecule has 1 amide bonds. The Morgan fingerprint density at radius 2 is 1.92 bits per heavy atom. The van der Waals surface area contributed by atoms with Gasteiger partial charge in [0.25, 0.3) is 0 Å².